The van der Waals surface area contributed by atoms with Crippen LogP contribution in [-0.4, -0.2) is 24.5 Å². The predicted octanol–water partition coefficient (Wildman–Crippen LogP) is 2.87. The van der Waals surface area contributed by atoms with E-state index in [0.29, 0.717) is 30.2 Å². The number of carbonyl (C=O) groups is 2. The molecule has 1 heterocycles. The van der Waals surface area contributed by atoms with E-state index in [1.807, 2.05) is 38.1 Å². The van der Waals surface area contributed by atoms with Crippen molar-refractivity contribution < 1.29 is 19.1 Å². The molecule has 0 spiro atoms. The summed E-state index contributed by atoms with van der Waals surface area (Å²) in [5.74, 6) is 0.131. The molecule has 136 valence electrons. The van der Waals surface area contributed by atoms with Crippen molar-refractivity contribution in [2.24, 2.45) is 0 Å². The van der Waals surface area contributed by atoms with E-state index in [0.717, 1.165) is 11.1 Å². The topological polar surface area (TPSA) is 76.7 Å². The van der Waals surface area contributed by atoms with Gasteiger partial charge >= 0.3 is 0 Å². The Hall–Kier alpha value is -2.86. The van der Waals surface area contributed by atoms with Crippen LogP contribution in [0.2, 0.25) is 0 Å². The van der Waals surface area contributed by atoms with Gasteiger partial charge in [0.2, 0.25) is 0 Å². The summed E-state index contributed by atoms with van der Waals surface area (Å²) in [5, 5.41) is 5.59. The summed E-state index contributed by atoms with van der Waals surface area (Å²) >= 11 is 0. The lowest BCUT2D eigenvalue weighted by Crippen LogP contribution is -2.27. The number of hydrogen-bond acceptors (Lipinski definition) is 4. The first-order valence-electron chi connectivity index (χ1n) is 8.55. The first-order chi connectivity index (χ1) is 12.5. The normalized spacial score (nSPS) is 13.0. The molecule has 0 saturated heterocycles. The summed E-state index contributed by atoms with van der Waals surface area (Å²) in [4.78, 5) is 23.8. The lowest BCUT2D eigenvalue weighted by molar-refractivity contribution is -0.118. The fourth-order valence-electron chi connectivity index (χ4n) is 2.60. The molecule has 26 heavy (non-hydrogen) atoms. The summed E-state index contributed by atoms with van der Waals surface area (Å²) in [6.07, 6.45) is 0.173. The van der Waals surface area contributed by atoms with Crippen LogP contribution in [0, 0.1) is 0 Å². The molecule has 6 nitrogen and oxygen atoms in total. The molecule has 2 aromatic carbocycles. The fourth-order valence-corrected chi connectivity index (χ4v) is 2.60. The summed E-state index contributed by atoms with van der Waals surface area (Å²) in [6.45, 7) is 4.94. The Bertz CT molecular complexity index is 817. The van der Waals surface area contributed by atoms with Crippen LogP contribution in [0.5, 0.6) is 5.75 Å². The summed E-state index contributed by atoms with van der Waals surface area (Å²) in [6, 6.07) is 12.9. The Balaban J connectivity index is 1.61. The summed E-state index contributed by atoms with van der Waals surface area (Å²) in [5.41, 5.74) is 3.05. The summed E-state index contributed by atoms with van der Waals surface area (Å²) in [7, 11) is 0. The van der Waals surface area contributed by atoms with Gasteiger partial charge in [0.1, 0.15) is 5.75 Å². The molecule has 1 aliphatic rings. The Labute approximate surface area is 152 Å². The zero-order chi connectivity index (χ0) is 18.5. The zero-order valence-electron chi connectivity index (χ0n) is 14.9. The largest absolute Gasteiger partial charge is 0.482 e. The van der Waals surface area contributed by atoms with Crippen LogP contribution in [0.1, 0.15) is 35.3 Å². The number of anilines is 1. The molecule has 3 rings (SSSR count). The lowest BCUT2D eigenvalue weighted by Gasteiger charge is -2.18. The first kappa shape index (κ1) is 17.9. The highest BCUT2D eigenvalue weighted by Crippen LogP contribution is 2.28. The molecule has 0 saturated carbocycles. The first-order valence-corrected chi connectivity index (χ1v) is 8.55. The van der Waals surface area contributed by atoms with Gasteiger partial charge in [-0.05, 0) is 43.2 Å². The van der Waals surface area contributed by atoms with Gasteiger partial charge in [0, 0.05) is 12.1 Å². The van der Waals surface area contributed by atoms with E-state index >= 15 is 0 Å². The van der Waals surface area contributed by atoms with E-state index < -0.39 is 0 Å². The van der Waals surface area contributed by atoms with Crippen molar-refractivity contribution in [3.8, 4) is 5.75 Å². The number of carbonyl (C=O) groups excluding carboxylic acids is 2. The quantitative estimate of drug-likeness (QED) is 0.836. The third-order valence-corrected chi connectivity index (χ3v) is 3.90. The van der Waals surface area contributed by atoms with Crippen LogP contribution in [-0.2, 0) is 22.7 Å². The van der Waals surface area contributed by atoms with Crippen molar-refractivity contribution in [1.82, 2.24) is 5.32 Å². The Kier molecular flexibility index (Phi) is 5.53. The van der Waals surface area contributed by atoms with Crippen molar-refractivity contribution in [3.05, 3.63) is 59.2 Å². The van der Waals surface area contributed by atoms with Gasteiger partial charge in [0.05, 0.1) is 18.4 Å². The molecule has 1 aliphatic heterocycles. The highest BCUT2D eigenvalue weighted by molar-refractivity contribution is 5.99. The SMILES string of the molecule is CC(C)OCc1cccc(CNC(=O)c2ccc3c(c2)NC(=O)CO3)c1. The van der Waals surface area contributed by atoms with E-state index in [-0.39, 0.29) is 24.5 Å². The van der Waals surface area contributed by atoms with E-state index in [1.165, 1.54) is 0 Å². The maximum absolute atomic E-state index is 12.4. The van der Waals surface area contributed by atoms with Crippen LogP contribution in [0.25, 0.3) is 0 Å². The summed E-state index contributed by atoms with van der Waals surface area (Å²) < 4.78 is 10.9. The number of ether oxygens (including phenoxy) is 2. The second-order valence-electron chi connectivity index (χ2n) is 6.41. The minimum Gasteiger partial charge on any atom is -0.482 e. The molecule has 0 atom stereocenters. The van der Waals surface area contributed by atoms with Gasteiger partial charge in [-0.1, -0.05) is 24.3 Å². The second-order valence-corrected chi connectivity index (χ2v) is 6.41. The molecule has 2 amide bonds. The molecule has 0 bridgehead atoms. The van der Waals surface area contributed by atoms with Crippen molar-refractivity contribution in [2.45, 2.75) is 33.1 Å². The van der Waals surface area contributed by atoms with E-state index in [2.05, 4.69) is 10.6 Å². The van der Waals surface area contributed by atoms with Crippen molar-refractivity contribution in [1.29, 1.82) is 0 Å². The number of rotatable bonds is 6. The predicted molar refractivity (Wildman–Crippen MR) is 98.1 cm³/mol. The van der Waals surface area contributed by atoms with Gasteiger partial charge in [-0.15, -0.1) is 0 Å². The third kappa shape index (κ3) is 4.61. The molecule has 0 unspecified atom stereocenters. The number of hydrogen-bond donors (Lipinski definition) is 2. The molecule has 2 aromatic rings. The molecule has 0 radical (unpaired) electrons. The van der Waals surface area contributed by atoms with Gasteiger partial charge in [0.15, 0.2) is 6.61 Å². The van der Waals surface area contributed by atoms with Crippen LogP contribution < -0.4 is 15.4 Å². The van der Waals surface area contributed by atoms with Crippen LogP contribution >= 0.6 is 0 Å². The Morgan fingerprint density at radius 1 is 1.23 bits per heavy atom. The number of fused-ring (bicyclic) bond motifs is 1. The molecule has 2 N–H and O–H groups in total. The minimum atomic E-state index is -0.226. The second kappa shape index (κ2) is 8.01. The minimum absolute atomic E-state index is 0.00456. The van der Waals surface area contributed by atoms with Crippen molar-refractivity contribution in [3.63, 3.8) is 0 Å². The van der Waals surface area contributed by atoms with Gasteiger partial charge < -0.3 is 20.1 Å². The van der Waals surface area contributed by atoms with Gasteiger partial charge in [-0.25, -0.2) is 0 Å². The lowest BCUT2D eigenvalue weighted by atomic mass is 10.1. The molecular formula is C20H22N2O4. The Morgan fingerprint density at radius 2 is 2.04 bits per heavy atom. The molecular weight excluding hydrogens is 332 g/mol. The van der Waals surface area contributed by atoms with Gasteiger partial charge in [-0.2, -0.15) is 0 Å². The third-order valence-electron chi connectivity index (χ3n) is 3.90. The monoisotopic (exact) mass is 354 g/mol. The average molecular weight is 354 g/mol. The van der Waals surface area contributed by atoms with Crippen LogP contribution in [0.15, 0.2) is 42.5 Å². The van der Waals surface area contributed by atoms with E-state index in [4.69, 9.17) is 9.47 Å². The average Bonchev–Trinajstić information content (AvgIpc) is 2.64. The number of nitrogens with one attached hydrogen (secondary N) is 2. The number of benzene rings is 2. The molecule has 0 fully saturated rings. The molecule has 6 heteroatoms. The van der Waals surface area contributed by atoms with E-state index in [1.54, 1.807) is 18.2 Å². The molecule has 0 aromatic heterocycles. The van der Waals surface area contributed by atoms with Crippen molar-refractivity contribution >= 4 is 17.5 Å². The van der Waals surface area contributed by atoms with Crippen LogP contribution in [0.4, 0.5) is 5.69 Å². The molecule has 0 aliphatic carbocycles. The smallest absolute Gasteiger partial charge is 0.262 e. The van der Waals surface area contributed by atoms with E-state index in [9.17, 15) is 9.59 Å². The highest BCUT2D eigenvalue weighted by Gasteiger charge is 2.17. The van der Waals surface area contributed by atoms with Crippen LogP contribution in [0.3, 0.4) is 0 Å². The van der Waals surface area contributed by atoms with Gasteiger partial charge in [-0.3, -0.25) is 9.59 Å². The highest BCUT2D eigenvalue weighted by atomic mass is 16.5. The maximum Gasteiger partial charge on any atom is 0.262 e. The zero-order valence-corrected chi connectivity index (χ0v) is 14.9. The fraction of sp³-hybridized carbons (Fsp3) is 0.300. The standard InChI is InChI=1S/C20H22N2O4/c1-13(2)25-11-15-5-3-4-14(8-15)10-21-20(24)16-6-7-18-17(9-16)22-19(23)12-26-18/h3-9,13H,10-12H2,1-2H3,(H,21,24)(H,22,23). The Morgan fingerprint density at radius 3 is 2.85 bits per heavy atom. The van der Waals surface area contributed by atoms with Gasteiger partial charge in [0.25, 0.3) is 11.8 Å². The maximum atomic E-state index is 12.4. The number of amides is 2. The van der Waals surface area contributed by atoms with Crippen molar-refractivity contribution in [2.75, 3.05) is 11.9 Å².